The van der Waals surface area contributed by atoms with Gasteiger partial charge in [-0.25, -0.2) is 0 Å². The largest absolute Gasteiger partial charge is 0.294 e. The van der Waals surface area contributed by atoms with Crippen LogP contribution in [0.25, 0.3) is 10.1 Å². The molecule has 3 aromatic rings. The quantitative estimate of drug-likeness (QED) is 0.788. The van der Waals surface area contributed by atoms with Crippen LogP contribution in [0.4, 0.5) is 5.13 Å². The van der Waals surface area contributed by atoms with E-state index in [4.69, 9.17) is 11.6 Å². The topological polar surface area (TPSA) is 67.8 Å². The maximum absolute atomic E-state index is 12.1. The van der Waals surface area contributed by atoms with E-state index in [1.165, 1.54) is 11.3 Å². The number of hydrogen-bond donors (Lipinski definition) is 1. The van der Waals surface area contributed by atoms with Gasteiger partial charge in [-0.3, -0.25) is 10.1 Å². The molecule has 0 aliphatic carbocycles. The lowest BCUT2D eigenvalue weighted by molar-refractivity contribution is 0.103. The molecule has 1 aromatic carbocycles. The molecule has 0 spiro atoms. The van der Waals surface area contributed by atoms with Crippen molar-refractivity contribution in [2.75, 3.05) is 5.32 Å². The van der Waals surface area contributed by atoms with Crippen molar-refractivity contribution in [3.05, 3.63) is 33.7 Å². The molecule has 0 saturated heterocycles. The maximum atomic E-state index is 12.1. The first-order valence-corrected chi connectivity index (χ1v) is 7.27. The van der Waals surface area contributed by atoms with Gasteiger partial charge in [-0.2, -0.15) is 0 Å². The second-order valence-corrected chi connectivity index (χ2v) is 6.03. The molecule has 0 saturated carbocycles. The Balaban J connectivity index is 2.00. The van der Waals surface area contributed by atoms with Gasteiger partial charge in [0.25, 0.3) is 5.91 Å². The van der Waals surface area contributed by atoms with Crippen molar-refractivity contribution >= 4 is 55.6 Å². The Morgan fingerprint density at radius 3 is 3.00 bits per heavy atom. The lowest BCUT2D eigenvalue weighted by atomic mass is 10.2. The molecule has 0 atom stereocenters. The van der Waals surface area contributed by atoms with Crippen LogP contribution in [-0.2, 0) is 0 Å². The van der Waals surface area contributed by atoms with E-state index in [1.54, 1.807) is 0 Å². The number of aromatic nitrogens is 3. The molecule has 5 nitrogen and oxygen atoms in total. The Kier molecular flexibility index (Phi) is 3.17. The van der Waals surface area contributed by atoms with Gasteiger partial charge < -0.3 is 0 Å². The van der Waals surface area contributed by atoms with E-state index in [-0.39, 0.29) is 5.91 Å². The predicted octanol–water partition coefficient (Wildman–Crippen LogP) is 3.36. The molecule has 19 heavy (non-hydrogen) atoms. The van der Waals surface area contributed by atoms with Crippen LogP contribution in [0.2, 0.25) is 5.02 Å². The minimum absolute atomic E-state index is 0.289. The number of fused-ring (bicyclic) bond motifs is 1. The molecule has 96 valence electrons. The lowest BCUT2D eigenvalue weighted by Gasteiger charge is -1.97. The monoisotopic (exact) mass is 310 g/mol. The number of aryl methyl sites for hydroxylation is 1. The highest BCUT2D eigenvalue weighted by Gasteiger charge is 2.18. The average molecular weight is 311 g/mol. The van der Waals surface area contributed by atoms with Crippen molar-refractivity contribution in [1.29, 1.82) is 0 Å². The maximum Gasteiger partial charge on any atom is 0.269 e. The van der Waals surface area contributed by atoms with Crippen LogP contribution in [0.5, 0.6) is 0 Å². The molecule has 3 rings (SSSR count). The number of nitrogens with one attached hydrogen (secondary N) is 1. The summed E-state index contributed by atoms with van der Waals surface area (Å²) in [4.78, 5) is 12.6. The van der Waals surface area contributed by atoms with Gasteiger partial charge >= 0.3 is 0 Å². The minimum atomic E-state index is -0.289. The number of anilines is 1. The highest BCUT2D eigenvalue weighted by molar-refractivity contribution is 7.21. The molecule has 0 fully saturated rings. The second-order valence-electron chi connectivity index (χ2n) is 3.87. The van der Waals surface area contributed by atoms with Crippen molar-refractivity contribution in [3.8, 4) is 0 Å². The number of thiophene rings is 1. The number of nitrogens with zero attached hydrogens (tertiary/aromatic N) is 3. The Hall–Kier alpha value is -1.57. The van der Waals surface area contributed by atoms with E-state index >= 15 is 0 Å². The van der Waals surface area contributed by atoms with Crippen molar-refractivity contribution in [1.82, 2.24) is 14.8 Å². The molecule has 0 aliphatic rings. The van der Waals surface area contributed by atoms with Gasteiger partial charge in [0.2, 0.25) is 5.13 Å². The Labute approximate surface area is 121 Å². The number of amides is 1. The van der Waals surface area contributed by atoms with Crippen LogP contribution < -0.4 is 5.32 Å². The lowest BCUT2D eigenvalue weighted by Crippen LogP contribution is -2.10. The molecule has 1 N–H and O–H groups in total. The molecule has 0 bridgehead atoms. The predicted molar refractivity (Wildman–Crippen MR) is 77.2 cm³/mol. The van der Waals surface area contributed by atoms with Crippen LogP contribution in [0.15, 0.2) is 18.2 Å². The van der Waals surface area contributed by atoms with E-state index in [1.807, 2.05) is 25.1 Å². The summed E-state index contributed by atoms with van der Waals surface area (Å²) in [6.45, 7) is 2.00. The van der Waals surface area contributed by atoms with Gasteiger partial charge in [0.15, 0.2) is 0 Å². The third kappa shape index (κ3) is 2.32. The highest BCUT2D eigenvalue weighted by atomic mass is 35.5. The summed E-state index contributed by atoms with van der Waals surface area (Å²) in [5.41, 5.74) is 1.13. The first-order chi connectivity index (χ1) is 9.15. The first-order valence-electron chi connectivity index (χ1n) is 5.30. The standard InChI is InChI=1S/C11H7ClN4OS2/c1-5-2-3-6-7(4-5)18-9(8(6)12)10(17)13-11-14-15-16-19-11/h2-4H,1H3,(H,13,14,16,17). The molecule has 0 radical (unpaired) electrons. The fourth-order valence-electron chi connectivity index (χ4n) is 1.65. The molecular formula is C11H7ClN4OS2. The van der Waals surface area contributed by atoms with Gasteiger partial charge in [-0.15, -0.1) is 11.3 Å². The van der Waals surface area contributed by atoms with Crippen LogP contribution in [0, 0.1) is 6.92 Å². The summed E-state index contributed by atoms with van der Waals surface area (Å²) in [5, 5.41) is 11.4. The van der Waals surface area contributed by atoms with Crippen molar-refractivity contribution in [3.63, 3.8) is 0 Å². The Bertz CT molecular complexity index is 753. The number of rotatable bonds is 2. The van der Waals surface area contributed by atoms with Crippen molar-refractivity contribution in [2.24, 2.45) is 0 Å². The van der Waals surface area contributed by atoms with E-state index in [0.717, 1.165) is 27.2 Å². The smallest absolute Gasteiger partial charge is 0.269 e. The number of carbonyl (C=O) groups excluding carboxylic acids is 1. The fourth-order valence-corrected chi connectivity index (χ4v) is 3.53. The second kappa shape index (κ2) is 4.84. The summed E-state index contributed by atoms with van der Waals surface area (Å²) < 4.78 is 4.57. The van der Waals surface area contributed by atoms with Crippen molar-refractivity contribution in [2.45, 2.75) is 6.92 Å². The SMILES string of the molecule is Cc1ccc2c(Cl)c(C(=O)Nc3nnns3)sc2c1. The summed E-state index contributed by atoms with van der Waals surface area (Å²) >= 11 is 8.62. The Morgan fingerprint density at radius 2 is 2.26 bits per heavy atom. The third-order valence-electron chi connectivity index (χ3n) is 2.51. The van der Waals surface area contributed by atoms with Gasteiger partial charge in [0.1, 0.15) is 4.88 Å². The highest BCUT2D eigenvalue weighted by Crippen LogP contribution is 2.36. The summed E-state index contributed by atoms with van der Waals surface area (Å²) in [6.07, 6.45) is 0. The number of carbonyl (C=O) groups is 1. The zero-order chi connectivity index (χ0) is 13.4. The van der Waals surface area contributed by atoms with Crippen LogP contribution >= 0.6 is 34.5 Å². The van der Waals surface area contributed by atoms with Crippen LogP contribution in [0.1, 0.15) is 15.2 Å². The molecule has 0 aliphatic heterocycles. The number of halogens is 1. The zero-order valence-electron chi connectivity index (χ0n) is 9.68. The van der Waals surface area contributed by atoms with Crippen LogP contribution in [-0.4, -0.2) is 20.7 Å². The van der Waals surface area contributed by atoms with Gasteiger partial charge in [0, 0.05) is 21.6 Å². The molecule has 1 amide bonds. The van der Waals surface area contributed by atoms with Crippen molar-refractivity contribution < 1.29 is 4.79 Å². The molecule has 8 heteroatoms. The van der Waals surface area contributed by atoms with Crippen LogP contribution in [0.3, 0.4) is 0 Å². The van der Waals surface area contributed by atoms with E-state index in [9.17, 15) is 4.79 Å². The summed E-state index contributed by atoms with van der Waals surface area (Å²) in [5.74, 6) is -0.289. The minimum Gasteiger partial charge on any atom is -0.294 e. The van der Waals surface area contributed by atoms with Gasteiger partial charge in [-0.1, -0.05) is 33.3 Å². The van der Waals surface area contributed by atoms with E-state index in [2.05, 4.69) is 20.1 Å². The van der Waals surface area contributed by atoms with Gasteiger partial charge in [0.05, 0.1) is 5.02 Å². The summed E-state index contributed by atoms with van der Waals surface area (Å²) in [6, 6.07) is 5.90. The Morgan fingerprint density at radius 1 is 1.42 bits per heavy atom. The molecule has 2 aromatic heterocycles. The average Bonchev–Trinajstić information content (AvgIpc) is 2.97. The number of benzene rings is 1. The normalized spacial score (nSPS) is 10.8. The molecule has 0 unspecified atom stereocenters. The molecular weight excluding hydrogens is 304 g/mol. The first kappa shape index (κ1) is 12.5. The van der Waals surface area contributed by atoms with Gasteiger partial charge in [-0.05, 0) is 23.8 Å². The fraction of sp³-hybridized carbons (Fsp3) is 0.0909. The zero-order valence-corrected chi connectivity index (χ0v) is 12.1. The third-order valence-corrected chi connectivity index (χ3v) is 4.68. The molecule has 2 heterocycles. The number of hydrogen-bond acceptors (Lipinski definition) is 6. The summed E-state index contributed by atoms with van der Waals surface area (Å²) in [7, 11) is 0. The van der Waals surface area contributed by atoms with E-state index < -0.39 is 0 Å². The van der Waals surface area contributed by atoms with E-state index in [0.29, 0.717) is 15.0 Å².